The summed E-state index contributed by atoms with van der Waals surface area (Å²) in [6.07, 6.45) is 3.91. The van der Waals surface area contributed by atoms with Gasteiger partial charge in [-0.15, -0.1) is 0 Å². The molecule has 0 radical (unpaired) electrons. The largest absolute Gasteiger partial charge is 0.457 e. The number of anilines is 4. The molecular formula is C72H80N4O. The second kappa shape index (κ2) is 18.3. The van der Waals surface area contributed by atoms with Crippen molar-refractivity contribution >= 4 is 44.6 Å². The zero-order valence-corrected chi connectivity index (χ0v) is 48.3. The van der Waals surface area contributed by atoms with Gasteiger partial charge in [0.25, 0.3) is 0 Å². The minimum absolute atomic E-state index is 0.00351. The van der Waals surface area contributed by atoms with E-state index in [-0.39, 0.29) is 64.0 Å². The normalized spacial score (nSPS) is 16.8. The number of nitrogens with zero attached hydrogens (tertiary/aromatic N) is 4. The van der Waals surface area contributed by atoms with Crippen molar-refractivity contribution in [1.29, 1.82) is 0 Å². The fourth-order valence-electron chi connectivity index (χ4n) is 11.4. The van der Waals surface area contributed by atoms with Crippen molar-refractivity contribution in [2.24, 2.45) is 0 Å². The molecule has 9 aromatic rings. The highest BCUT2D eigenvalue weighted by molar-refractivity contribution is 6.09. The van der Waals surface area contributed by atoms with Crippen LogP contribution in [0.4, 0.5) is 22.7 Å². The van der Waals surface area contributed by atoms with Crippen molar-refractivity contribution in [3.05, 3.63) is 191 Å². The van der Waals surface area contributed by atoms with Gasteiger partial charge in [-0.25, -0.2) is 4.98 Å². The van der Waals surface area contributed by atoms with Gasteiger partial charge in [-0.3, -0.25) is 4.57 Å². The number of pyridine rings is 1. The molecule has 2 aliphatic rings. The quantitative estimate of drug-likeness (QED) is 0.159. The highest BCUT2D eigenvalue weighted by Gasteiger charge is 2.39. The Hall–Kier alpha value is -7.11. The summed E-state index contributed by atoms with van der Waals surface area (Å²) in [6, 6.07) is 37.6. The number of para-hydroxylation sites is 3. The number of hydrogen-bond donors (Lipinski definition) is 0. The lowest BCUT2D eigenvalue weighted by molar-refractivity contribution is 0.332. The van der Waals surface area contributed by atoms with Gasteiger partial charge < -0.3 is 14.5 Å². The first-order valence-corrected chi connectivity index (χ1v) is 27.5. The Morgan fingerprint density at radius 1 is 0.506 bits per heavy atom. The summed E-state index contributed by atoms with van der Waals surface area (Å²) >= 11 is 0. The summed E-state index contributed by atoms with van der Waals surface area (Å²) in [5, 5.41) is 1.07. The maximum absolute atomic E-state index is 10.3. The number of aromatic nitrogens is 2. The molecule has 0 unspecified atom stereocenters. The highest BCUT2D eigenvalue weighted by atomic mass is 16.5. The molecule has 0 spiro atoms. The number of fused-ring (bicyclic) bond motifs is 5. The molecule has 7 aromatic carbocycles. The first kappa shape index (κ1) is 43.9. The second-order valence-corrected chi connectivity index (χ2v) is 27.2. The van der Waals surface area contributed by atoms with E-state index in [1.54, 1.807) is 6.20 Å². The first-order chi connectivity index (χ1) is 39.1. The van der Waals surface area contributed by atoms with Crippen molar-refractivity contribution in [2.75, 3.05) is 16.5 Å². The maximum Gasteiger partial charge on any atom is 0.137 e. The summed E-state index contributed by atoms with van der Waals surface area (Å²) in [5.74, 6) is 1.63. The zero-order chi connectivity index (χ0) is 60.9. The fourth-order valence-corrected chi connectivity index (χ4v) is 11.4. The van der Waals surface area contributed by atoms with E-state index in [2.05, 4.69) is 181 Å². The van der Waals surface area contributed by atoms with E-state index < -0.39 is 10.8 Å². The van der Waals surface area contributed by atoms with Crippen LogP contribution in [0.15, 0.2) is 158 Å². The lowest BCUT2D eigenvalue weighted by atomic mass is 9.63. The van der Waals surface area contributed by atoms with E-state index in [0.29, 0.717) is 62.5 Å². The molecule has 0 saturated heterocycles. The number of rotatable bonds is 7. The summed E-state index contributed by atoms with van der Waals surface area (Å²) in [7, 11) is 0. The molecule has 11 rings (SSSR count). The predicted molar refractivity (Wildman–Crippen MR) is 328 cm³/mol. The fraction of sp³-hybridized carbons (Fsp3) is 0.347. The number of hydrogen-bond acceptors (Lipinski definition) is 4. The van der Waals surface area contributed by atoms with E-state index in [0.717, 1.165) is 63.4 Å². The van der Waals surface area contributed by atoms with Gasteiger partial charge in [0.1, 0.15) is 24.0 Å². The van der Waals surface area contributed by atoms with Gasteiger partial charge in [0.15, 0.2) is 0 Å². The number of ether oxygens (including phenoxy) is 1. The van der Waals surface area contributed by atoms with Crippen molar-refractivity contribution in [3.8, 4) is 39.6 Å². The molecule has 1 aliphatic carbocycles. The van der Waals surface area contributed by atoms with Gasteiger partial charge in [0.2, 0.25) is 0 Å². The van der Waals surface area contributed by atoms with E-state index in [1.807, 2.05) is 53.1 Å². The molecule has 0 bridgehead atoms. The summed E-state index contributed by atoms with van der Waals surface area (Å²) in [4.78, 5) is 9.46. The molecule has 0 amide bonds. The lowest BCUT2D eigenvalue weighted by Crippen LogP contribution is -2.33. The van der Waals surface area contributed by atoms with Crippen LogP contribution in [0, 0.1) is 0 Å². The Labute approximate surface area is 469 Å². The molecule has 0 fully saturated rings. The topological polar surface area (TPSA) is 33.5 Å². The van der Waals surface area contributed by atoms with Crippen molar-refractivity contribution in [2.45, 2.75) is 156 Å². The van der Waals surface area contributed by atoms with Gasteiger partial charge in [-0.1, -0.05) is 183 Å². The standard InChI is InChI=1S/C72H80N4O/c1-67(2,3)48-32-35-73-65(42-48)76-61-25-18-17-24-55(61)56-30-29-54(44-64(56)76)77-53-23-21-22-52(43-53)74-45-75(63-27-20-19-26-62(63)74)66-57(46-28-31-59-60(38-46)72(15,16)34-33-71(59,13)14)40-51(70(10,11)12)41-58(66)47-36-49(68(4,5)6)39-50(37-47)69(7,8)9/h17-32,35-44H,33-34,45H2,1-16H3/i17D,18D,24D,25D,36D,37D,39D. The van der Waals surface area contributed by atoms with Crippen LogP contribution in [0.5, 0.6) is 11.5 Å². The second-order valence-electron chi connectivity index (χ2n) is 27.2. The van der Waals surface area contributed by atoms with E-state index in [4.69, 9.17) is 13.8 Å². The molecule has 0 atom stereocenters. The first-order valence-electron chi connectivity index (χ1n) is 31.0. The van der Waals surface area contributed by atoms with Crippen molar-refractivity contribution < 1.29 is 14.3 Å². The minimum atomic E-state index is -0.572. The van der Waals surface area contributed by atoms with Gasteiger partial charge in [0, 0.05) is 45.9 Å². The van der Waals surface area contributed by atoms with Crippen LogP contribution in [0.2, 0.25) is 0 Å². The molecule has 1 aliphatic heterocycles. The van der Waals surface area contributed by atoms with E-state index in [1.165, 1.54) is 11.1 Å². The smallest absolute Gasteiger partial charge is 0.137 e. The molecule has 5 heteroatoms. The maximum atomic E-state index is 10.3. The van der Waals surface area contributed by atoms with Crippen LogP contribution in [0.1, 0.15) is 167 Å². The van der Waals surface area contributed by atoms with E-state index in [9.17, 15) is 5.48 Å². The predicted octanol–water partition coefficient (Wildman–Crippen LogP) is 20.1. The SMILES string of the molecule is [2H]c1c(-c2cc(C(C)(C)C)cc(-c3ccc4c(c3)C(C)(C)CCC4(C)C)c2N2CN(c3cccc(Oc4ccc5c6c([2H])c([2H])c([2H])c([2H])c6n(-c6cc(C(C)(C)C)ccn6)c5c4)c3)c3ccccc32)c([2H])c(C(C)(C)C)c([2H])c1C(C)(C)C. The molecule has 2 aromatic heterocycles. The summed E-state index contributed by atoms with van der Waals surface area (Å²) in [5.41, 5.74) is 12.4. The third-order valence-electron chi connectivity index (χ3n) is 16.3. The van der Waals surface area contributed by atoms with Crippen LogP contribution >= 0.6 is 0 Å². The highest BCUT2D eigenvalue weighted by Crippen LogP contribution is 2.54. The molecule has 394 valence electrons. The third-order valence-corrected chi connectivity index (χ3v) is 16.3. The van der Waals surface area contributed by atoms with Crippen LogP contribution in [0.25, 0.3) is 49.9 Å². The average Bonchev–Trinajstić information content (AvgIpc) is 1.39. The Kier molecular flexibility index (Phi) is 10.4. The zero-order valence-electron chi connectivity index (χ0n) is 55.3. The van der Waals surface area contributed by atoms with Crippen molar-refractivity contribution in [1.82, 2.24) is 9.55 Å². The van der Waals surface area contributed by atoms with Gasteiger partial charge in [-0.05, 0) is 157 Å². The molecular weight excluding hydrogens is 937 g/mol. The molecule has 0 N–H and O–H groups in total. The van der Waals surface area contributed by atoms with Crippen LogP contribution in [0.3, 0.4) is 0 Å². The molecule has 3 heterocycles. The number of benzene rings is 7. The van der Waals surface area contributed by atoms with Crippen LogP contribution < -0.4 is 14.5 Å². The molecule has 0 saturated carbocycles. The Balaban J connectivity index is 1.10. The Bertz CT molecular complexity index is 4140. The minimum Gasteiger partial charge on any atom is -0.457 e. The van der Waals surface area contributed by atoms with Crippen LogP contribution in [-0.2, 0) is 32.5 Å². The summed E-state index contributed by atoms with van der Waals surface area (Å²) < 4.78 is 74.7. The molecule has 77 heavy (non-hydrogen) atoms. The summed E-state index contributed by atoms with van der Waals surface area (Å²) in [6.45, 7) is 35.4. The average molecular weight is 1020 g/mol. The third kappa shape index (κ3) is 9.52. The lowest BCUT2D eigenvalue weighted by Gasteiger charge is -2.42. The molecule has 5 nitrogen and oxygen atoms in total. The monoisotopic (exact) mass is 1020 g/mol. The van der Waals surface area contributed by atoms with Gasteiger partial charge >= 0.3 is 0 Å². The Morgan fingerprint density at radius 3 is 1.78 bits per heavy atom. The van der Waals surface area contributed by atoms with Gasteiger partial charge in [-0.2, -0.15) is 0 Å². The van der Waals surface area contributed by atoms with Crippen molar-refractivity contribution in [3.63, 3.8) is 0 Å². The van der Waals surface area contributed by atoms with Crippen LogP contribution in [-0.4, -0.2) is 16.2 Å². The Morgan fingerprint density at radius 2 is 1.12 bits per heavy atom. The van der Waals surface area contributed by atoms with E-state index >= 15 is 0 Å². The van der Waals surface area contributed by atoms with Gasteiger partial charge in [0.05, 0.1) is 37.7 Å².